The maximum Gasteiger partial charge on any atom is 0.288 e. The van der Waals surface area contributed by atoms with Gasteiger partial charge in [0.05, 0.1) is 11.7 Å². The van der Waals surface area contributed by atoms with E-state index in [4.69, 9.17) is 0 Å². The molecule has 0 bridgehead atoms. The number of amides is 2. The van der Waals surface area contributed by atoms with Crippen LogP contribution in [0.5, 0.6) is 0 Å². The van der Waals surface area contributed by atoms with Gasteiger partial charge in [-0.2, -0.15) is 10.1 Å². The number of amidine groups is 1. The number of nitrogens with one attached hydrogen (secondary N) is 2. The highest BCUT2D eigenvalue weighted by atomic mass is 16.2. The van der Waals surface area contributed by atoms with Gasteiger partial charge in [0.15, 0.2) is 0 Å². The molecule has 9 nitrogen and oxygen atoms in total. The molecule has 30 heavy (non-hydrogen) atoms. The second kappa shape index (κ2) is 7.24. The average Bonchev–Trinajstić information content (AvgIpc) is 3.42. The second-order valence-corrected chi connectivity index (χ2v) is 8.06. The normalized spacial score (nSPS) is 25.9. The van der Waals surface area contributed by atoms with Gasteiger partial charge in [-0.15, -0.1) is 0 Å². The maximum atomic E-state index is 12.9. The van der Waals surface area contributed by atoms with Crippen molar-refractivity contribution in [2.75, 3.05) is 11.9 Å². The summed E-state index contributed by atoms with van der Waals surface area (Å²) < 4.78 is 1.81. The van der Waals surface area contributed by atoms with Gasteiger partial charge in [-0.1, -0.05) is 30.3 Å². The number of carbonyl (C=O) groups is 2. The standard InChI is InChI=1S/C21H25N7O2/c1-13-12-18-26(2)21(30)15(10-11-27(18)24-13)22-20(29)19-23-17-9-8-16(28(17)25-19)14-6-4-3-5-7-14/h3-7,12,15-17H,8-11H2,1-2H3,(H,22,29)(H,23,25)/t15-,16-,17-/m0/s1. The molecule has 0 saturated carbocycles. The predicted octanol–water partition coefficient (Wildman–Crippen LogP) is 1.12. The highest BCUT2D eigenvalue weighted by Gasteiger charge is 2.41. The summed E-state index contributed by atoms with van der Waals surface area (Å²) in [6.45, 7) is 2.47. The molecule has 0 spiro atoms. The number of hydrazine groups is 1. The number of aromatic nitrogens is 2. The Hall–Kier alpha value is -3.20. The van der Waals surface area contributed by atoms with Crippen molar-refractivity contribution in [1.29, 1.82) is 0 Å². The molecule has 2 amide bonds. The van der Waals surface area contributed by atoms with Crippen molar-refractivity contribution in [3.8, 4) is 0 Å². The van der Waals surface area contributed by atoms with Crippen LogP contribution in [0, 0.1) is 6.92 Å². The lowest BCUT2D eigenvalue weighted by molar-refractivity contribution is -0.124. The van der Waals surface area contributed by atoms with Crippen molar-refractivity contribution in [3.05, 3.63) is 47.7 Å². The topological polar surface area (TPSA) is 94.9 Å². The fraction of sp³-hybridized carbons (Fsp3) is 0.429. The van der Waals surface area contributed by atoms with Gasteiger partial charge in [-0.05, 0) is 31.7 Å². The van der Waals surface area contributed by atoms with Gasteiger partial charge in [0.25, 0.3) is 11.8 Å². The van der Waals surface area contributed by atoms with Crippen LogP contribution >= 0.6 is 0 Å². The fourth-order valence-electron chi connectivity index (χ4n) is 4.53. The molecule has 1 aromatic heterocycles. The summed E-state index contributed by atoms with van der Waals surface area (Å²) >= 11 is 0. The third-order valence-electron chi connectivity index (χ3n) is 6.06. The molecule has 4 heterocycles. The molecule has 3 aliphatic heterocycles. The molecule has 0 radical (unpaired) electrons. The molecule has 1 fully saturated rings. The lowest BCUT2D eigenvalue weighted by Crippen LogP contribution is -2.52. The Morgan fingerprint density at radius 2 is 2.00 bits per heavy atom. The van der Waals surface area contributed by atoms with Gasteiger partial charge >= 0.3 is 0 Å². The SMILES string of the molecule is Cc1cc2n(n1)CC[C@H](NC(=O)C1=N[C@@H]3CC[C@@H](c4ccccc4)N3N1)C(=O)N2C. The summed E-state index contributed by atoms with van der Waals surface area (Å²) in [5, 5.41) is 9.35. The molecule has 2 N–H and O–H groups in total. The molecule has 1 aromatic carbocycles. The van der Waals surface area contributed by atoms with Crippen LogP contribution in [0.4, 0.5) is 5.82 Å². The number of carbonyl (C=O) groups excluding carboxylic acids is 2. The minimum absolute atomic E-state index is 0.0589. The molecule has 3 atom stereocenters. The van der Waals surface area contributed by atoms with Crippen molar-refractivity contribution in [1.82, 2.24) is 25.5 Å². The van der Waals surface area contributed by atoms with E-state index < -0.39 is 6.04 Å². The third kappa shape index (κ3) is 3.15. The minimum atomic E-state index is -0.616. The number of aliphatic imine (C=N–C) groups is 1. The molecule has 5 rings (SSSR count). The van der Waals surface area contributed by atoms with E-state index in [-0.39, 0.29) is 29.9 Å². The number of benzene rings is 1. The number of nitrogens with zero attached hydrogens (tertiary/aromatic N) is 5. The molecule has 9 heteroatoms. The van der Waals surface area contributed by atoms with Crippen LogP contribution in [-0.4, -0.2) is 51.7 Å². The number of hydrogen-bond acceptors (Lipinski definition) is 6. The molecule has 0 aliphatic carbocycles. The zero-order valence-corrected chi connectivity index (χ0v) is 17.1. The first-order valence-corrected chi connectivity index (χ1v) is 10.3. The Labute approximate surface area is 174 Å². The largest absolute Gasteiger partial charge is 0.337 e. The van der Waals surface area contributed by atoms with E-state index in [1.165, 1.54) is 5.56 Å². The Kier molecular flexibility index (Phi) is 4.54. The van der Waals surface area contributed by atoms with E-state index in [1.807, 2.05) is 40.9 Å². The lowest BCUT2D eigenvalue weighted by Gasteiger charge is -2.24. The summed E-state index contributed by atoms with van der Waals surface area (Å²) in [6.07, 6.45) is 2.29. The van der Waals surface area contributed by atoms with Crippen LogP contribution in [0.1, 0.15) is 36.6 Å². The van der Waals surface area contributed by atoms with Crippen LogP contribution < -0.4 is 15.6 Å². The van der Waals surface area contributed by atoms with Crippen molar-refractivity contribution in [2.45, 2.75) is 51.0 Å². The zero-order chi connectivity index (χ0) is 20.8. The Morgan fingerprint density at radius 3 is 2.80 bits per heavy atom. The van der Waals surface area contributed by atoms with E-state index >= 15 is 0 Å². The van der Waals surface area contributed by atoms with Gasteiger partial charge in [0.1, 0.15) is 18.0 Å². The van der Waals surface area contributed by atoms with Gasteiger partial charge in [-0.25, -0.2) is 9.67 Å². The highest BCUT2D eigenvalue weighted by molar-refractivity contribution is 6.38. The fourth-order valence-corrected chi connectivity index (χ4v) is 4.53. The van der Waals surface area contributed by atoms with Crippen LogP contribution in [0.15, 0.2) is 41.4 Å². The first-order chi connectivity index (χ1) is 14.5. The van der Waals surface area contributed by atoms with E-state index in [1.54, 1.807) is 11.9 Å². The van der Waals surface area contributed by atoms with Crippen molar-refractivity contribution < 1.29 is 9.59 Å². The highest BCUT2D eigenvalue weighted by Crippen LogP contribution is 2.36. The molecule has 0 unspecified atom stereocenters. The van der Waals surface area contributed by atoms with Crippen LogP contribution in [0.2, 0.25) is 0 Å². The van der Waals surface area contributed by atoms with Gasteiger partial charge in [0.2, 0.25) is 5.84 Å². The quantitative estimate of drug-likeness (QED) is 0.795. The summed E-state index contributed by atoms with van der Waals surface area (Å²) in [6, 6.07) is 11.7. The third-order valence-corrected chi connectivity index (χ3v) is 6.06. The predicted molar refractivity (Wildman–Crippen MR) is 112 cm³/mol. The number of hydrogen-bond donors (Lipinski definition) is 2. The van der Waals surface area contributed by atoms with Gasteiger partial charge < -0.3 is 5.32 Å². The van der Waals surface area contributed by atoms with E-state index in [0.29, 0.717) is 13.0 Å². The summed E-state index contributed by atoms with van der Waals surface area (Å²) in [4.78, 5) is 31.9. The van der Waals surface area contributed by atoms with E-state index in [0.717, 1.165) is 24.4 Å². The Morgan fingerprint density at radius 1 is 1.20 bits per heavy atom. The van der Waals surface area contributed by atoms with Crippen LogP contribution in [0.25, 0.3) is 0 Å². The van der Waals surface area contributed by atoms with Crippen molar-refractivity contribution in [3.63, 3.8) is 0 Å². The van der Waals surface area contributed by atoms with Crippen LogP contribution in [-0.2, 0) is 16.1 Å². The average molecular weight is 407 g/mol. The molecule has 1 saturated heterocycles. The number of likely N-dealkylation sites (N-methyl/N-ethyl adjacent to an activating group) is 1. The van der Waals surface area contributed by atoms with Gasteiger partial charge in [-0.3, -0.25) is 19.9 Å². The molecular weight excluding hydrogens is 382 g/mol. The number of anilines is 1. The molecular formula is C21H25N7O2. The first kappa shape index (κ1) is 18.8. The number of rotatable bonds is 3. The smallest absolute Gasteiger partial charge is 0.288 e. The minimum Gasteiger partial charge on any atom is -0.337 e. The van der Waals surface area contributed by atoms with Gasteiger partial charge in [0, 0.05) is 19.7 Å². The zero-order valence-electron chi connectivity index (χ0n) is 17.1. The lowest BCUT2D eigenvalue weighted by atomic mass is 10.1. The number of aryl methyl sites for hydroxylation is 2. The summed E-state index contributed by atoms with van der Waals surface area (Å²) in [7, 11) is 1.71. The monoisotopic (exact) mass is 407 g/mol. The van der Waals surface area contributed by atoms with Crippen LogP contribution in [0.3, 0.4) is 0 Å². The first-order valence-electron chi connectivity index (χ1n) is 10.3. The van der Waals surface area contributed by atoms with E-state index in [9.17, 15) is 9.59 Å². The molecule has 2 aromatic rings. The molecule has 156 valence electrons. The number of fused-ring (bicyclic) bond motifs is 2. The van der Waals surface area contributed by atoms with Crippen molar-refractivity contribution in [2.24, 2.45) is 4.99 Å². The second-order valence-electron chi connectivity index (χ2n) is 8.06. The summed E-state index contributed by atoms with van der Waals surface area (Å²) in [5.74, 6) is 0.521. The Bertz CT molecular complexity index is 1020. The summed E-state index contributed by atoms with van der Waals surface area (Å²) in [5.41, 5.74) is 5.25. The maximum absolute atomic E-state index is 12.9. The Balaban J connectivity index is 1.26. The van der Waals surface area contributed by atoms with E-state index in [2.05, 4.69) is 33.0 Å². The van der Waals surface area contributed by atoms with Crippen molar-refractivity contribution >= 4 is 23.5 Å². The molecule has 3 aliphatic rings.